The summed E-state index contributed by atoms with van der Waals surface area (Å²) in [7, 11) is -1.04. The van der Waals surface area contributed by atoms with Crippen molar-refractivity contribution in [2.24, 2.45) is 0 Å². The third kappa shape index (κ3) is 5.55. The number of aromatic nitrogens is 2. The van der Waals surface area contributed by atoms with E-state index in [1.54, 1.807) is 10.7 Å². The molecular weight excluding hydrogens is 246 g/mol. The largest absolute Gasteiger partial charge is 0.475 e. The molecule has 0 aromatic carbocycles. The monoisotopic (exact) mass is 271 g/mol. The number of rotatable bonds is 7. The Hall–Kier alpha value is -1.01. The minimum atomic E-state index is -1.04. The van der Waals surface area contributed by atoms with Gasteiger partial charge in [0.15, 0.2) is 0 Å². The first kappa shape index (κ1) is 15.0. The van der Waals surface area contributed by atoms with E-state index in [4.69, 9.17) is 15.2 Å². The van der Waals surface area contributed by atoms with Crippen molar-refractivity contribution in [3.05, 3.63) is 6.07 Å². The molecule has 0 bridgehead atoms. The van der Waals surface area contributed by atoms with Crippen LogP contribution in [-0.2, 0) is 11.5 Å². The Morgan fingerprint density at radius 2 is 2.06 bits per heavy atom. The van der Waals surface area contributed by atoms with Crippen molar-refractivity contribution in [2.75, 3.05) is 12.3 Å². The van der Waals surface area contributed by atoms with E-state index in [1.165, 1.54) is 0 Å². The molecule has 0 aliphatic rings. The van der Waals surface area contributed by atoms with Crippen LogP contribution in [0.15, 0.2) is 6.07 Å². The van der Waals surface area contributed by atoms with Crippen LogP contribution in [0.2, 0.25) is 25.7 Å². The number of nitrogens with two attached hydrogens (primary N) is 1. The molecular formula is C12H25N3O2Si. The van der Waals surface area contributed by atoms with Gasteiger partial charge in [-0.25, -0.2) is 4.68 Å². The molecule has 0 unspecified atom stereocenters. The highest BCUT2D eigenvalue weighted by molar-refractivity contribution is 6.76. The van der Waals surface area contributed by atoms with E-state index in [0.717, 1.165) is 12.7 Å². The molecule has 6 heteroatoms. The van der Waals surface area contributed by atoms with Gasteiger partial charge in [0, 0.05) is 20.7 Å². The van der Waals surface area contributed by atoms with Crippen LogP contribution in [0.1, 0.15) is 13.8 Å². The lowest BCUT2D eigenvalue weighted by molar-refractivity contribution is 0.0673. The number of anilines is 1. The summed E-state index contributed by atoms with van der Waals surface area (Å²) < 4.78 is 12.9. The van der Waals surface area contributed by atoms with E-state index in [1.807, 2.05) is 13.8 Å². The average molecular weight is 271 g/mol. The first-order valence-corrected chi connectivity index (χ1v) is 10.1. The summed E-state index contributed by atoms with van der Waals surface area (Å²) in [5.41, 5.74) is 5.67. The van der Waals surface area contributed by atoms with Gasteiger partial charge in [-0.15, -0.1) is 0 Å². The first-order valence-electron chi connectivity index (χ1n) is 6.35. The van der Waals surface area contributed by atoms with E-state index in [0.29, 0.717) is 18.4 Å². The summed E-state index contributed by atoms with van der Waals surface area (Å²) in [5.74, 6) is 1.12. The third-order valence-corrected chi connectivity index (χ3v) is 4.03. The predicted molar refractivity (Wildman–Crippen MR) is 76.5 cm³/mol. The van der Waals surface area contributed by atoms with Gasteiger partial charge in [0.2, 0.25) is 5.88 Å². The van der Waals surface area contributed by atoms with Gasteiger partial charge in [-0.3, -0.25) is 0 Å². The zero-order valence-electron chi connectivity index (χ0n) is 12.1. The molecule has 0 spiro atoms. The van der Waals surface area contributed by atoms with Crippen molar-refractivity contribution in [2.45, 2.75) is 52.4 Å². The topological polar surface area (TPSA) is 62.3 Å². The van der Waals surface area contributed by atoms with E-state index in [-0.39, 0.29) is 6.10 Å². The van der Waals surface area contributed by atoms with E-state index in [2.05, 4.69) is 24.7 Å². The highest BCUT2D eigenvalue weighted by Gasteiger charge is 2.13. The lowest BCUT2D eigenvalue weighted by Crippen LogP contribution is -2.22. The molecule has 18 heavy (non-hydrogen) atoms. The Labute approximate surface area is 110 Å². The molecule has 0 saturated carbocycles. The summed E-state index contributed by atoms with van der Waals surface area (Å²) in [5, 5.41) is 4.15. The molecule has 0 aliphatic carbocycles. The maximum Gasteiger partial charge on any atom is 0.216 e. The summed E-state index contributed by atoms with van der Waals surface area (Å²) in [6, 6.07) is 2.87. The Morgan fingerprint density at radius 3 is 2.61 bits per heavy atom. The highest BCUT2D eigenvalue weighted by atomic mass is 28.3. The maximum absolute atomic E-state index is 5.67. The quantitative estimate of drug-likeness (QED) is 0.611. The van der Waals surface area contributed by atoms with Gasteiger partial charge in [0.05, 0.1) is 6.10 Å². The van der Waals surface area contributed by atoms with Crippen molar-refractivity contribution in [3.63, 3.8) is 0 Å². The van der Waals surface area contributed by atoms with E-state index in [9.17, 15) is 0 Å². The third-order valence-electron chi connectivity index (χ3n) is 2.33. The van der Waals surface area contributed by atoms with Crippen LogP contribution in [0.25, 0.3) is 0 Å². The second kappa shape index (κ2) is 6.24. The normalized spacial score (nSPS) is 12.1. The molecule has 1 rings (SSSR count). The lowest BCUT2D eigenvalue weighted by atomic mass is 10.5. The highest BCUT2D eigenvalue weighted by Crippen LogP contribution is 2.17. The number of nitrogens with zero attached hydrogens (tertiary/aromatic N) is 2. The number of nitrogen functional groups attached to an aromatic ring is 1. The number of hydrogen-bond acceptors (Lipinski definition) is 4. The molecule has 1 heterocycles. The van der Waals surface area contributed by atoms with Crippen LogP contribution in [0.3, 0.4) is 0 Å². The number of ether oxygens (including phenoxy) is 2. The second-order valence-electron chi connectivity index (χ2n) is 5.92. The minimum Gasteiger partial charge on any atom is -0.475 e. The zero-order valence-corrected chi connectivity index (χ0v) is 13.1. The van der Waals surface area contributed by atoms with Gasteiger partial charge >= 0.3 is 0 Å². The van der Waals surface area contributed by atoms with Gasteiger partial charge in [-0.1, -0.05) is 19.6 Å². The molecule has 2 N–H and O–H groups in total. The SMILES string of the molecule is CC(C)Oc1cc(N)nn1COCC[Si](C)(C)C. The maximum atomic E-state index is 5.67. The molecule has 0 fully saturated rings. The fourth-order valence-corrected chi connectivity index (χ4v) is 2.13. The molecule has 0 aliphatic heterocycles. The Balaban J connectivity index is 2.46. The van der Waals surface area contributed by atoms with Gasteiger partial charge < -0.3 is 15.2 Å². The summed E-state index contributed by atoms with van der Waals surface area (Å²) >= 11 is 0. The van der Waals surface area contributed by atoms with Crippen LogP contribution < -0.4 is 10.5 Å². The standard InChI is InChI=1S/C12H25N3O2Si/c1-10(2)17-12-8-11(13)14-15(12)9-16-6-7-18(3,4)5/h8,10H,6-7,9H2,1-5H3,(H2,13,14). The molecule has 0 saturated heterocycles. The average Bonchev–Trinajstić information content (AvgIpc) is 2.51. The fourth-order valence-electron chi connectivity index (χ4n) is 1.38. The van der Waals surface area contributed by atoms with Gasteiger partial charge in [0.25, 0.3) is 0 Å². The minimum absolute atomic E-state index is 0.0989. The van der Waals surface area contributed by atoms with Gasteiger partial charge in [-0.2, -0.15) is 5.10 Å². The summed E-state index contributed by atoms with van der Waals surface area (Å²) in [6.45, 7) is 12.1. The predicted octanol–water partition coefficient (Wildman–Crippen LogP) is 2.56. The first-order chi connectivity index (χ1) is 8.28. The molecule has 0 radical (unpaired) electrons. The van der Waals surface area contributed by atoms with Crippen molar-refractivity contribution < 1.29 is 9.47 Å². The van der Waals surface area contributed by atoms with Crippen LogP contribution in [-0.4, -0.2) is 30.6 Å². The van der Waals surface area contributed by atoms with Crippen molar-refractivity contribution in [1.82, 2.24) is 9.78 Å². The van der Waals surface area contributed by atoms with Gasteiger partial charge in [0.1, 0.15) is 12.5 Å². The zero-order chi connectivity index (χ0) is 13.8. The molecule has 5 nitrogen and oxygen atoms in total. The summed E-state index contributed by atoms with van der Waals surface area (Å²) in [6.07, 6.45) is 0.0989. The lowest BCUT2D eigenvalue weighted by Gasteiger charge is -2.16. The van der Waals surface area contributed by atoms with Crippen LogP contribution in [0.5, 0.6) is 5.88 Å². The van der Waals surface area contributed by atoms with E-state index >= 15 is 0 Å². The van der Waals surface area contributed by atoms with Crippen molar-refractivity contribution in [1.29, 1.82) is 0 Å². The molecule has 0 amide bonds. The fraction of sp³-hybridized carbons (Fsp3) is 0.750. The second-order valence-corrected chi connectivity index (χ2v) is 11.5. The van der Waals surface area contributed by atoms with E-state index < -0.39 is 8.07 Å². The summed E-state index contributed by atoms with van der Waals surface area (Å²) in [4.78, 5) is 0. The van der Waals surface area contributed by atoms with Crippen LogP contribution in [0, 0.1) is 0 Å². The Bertz CT molecular complexity index is 372. The molecule has 104 valence electrons. The van der Waals surface area contributed by atoms with Gasteiger partial charge in [-0.05, 0) is 19.9 Å². The Morgan fingerprint density at radius 1 is 1.39 bits per heavy atom. The van der Waals surface area contributed by atoms with Crippen molar-refractivity contribution in [3.8, 4) is 5.88 Å². The molecule has 1 aromatic heterocycles. The van der Waals surface area contributed by atoms with Crippen LogP contribution in [0.4, 0.5) is 5.82 Å². The smallest absolute Gasteiger partial charge is 0.216 e. The van der Waals surface area contributed by atoms with Crippen LogP contribution >= 0.6 is 0 Å². The number of hydrogen-bond donors (Lipinski definition) is 1. The van der Waals surface area contributed by atoms with Crippen molar-refractivity contribution >= 4 is 13.9 Å². The Kier molecular flexibility index (Phi) is 5.22. The molecule has 0 atom stereocenters. The molecule has 1 aromatic rings.